The molecule has 28 heavy (non-hydrogen) atoms. The molecule has 8 heteroatoms. The number of hydrogen-bond acceptors (Lipinski definition) is 5. The number of nitrogens with one attached hydrogen (secondary N) is 3. The van der Waals surface area contributed by atoms with E-state index in [9.17, 15) is 9.59 Å². The standard InChI is InChI=1S/C20H27N3O4S/c1-12(13-6-7-15-16(10-13)27-9-8-26-15)21-18(24)5-3-2-4-17-19-14(11-28-17)22-20(25)23-19/h6-7,10,12,14,17,19H,2-5,8-9,11H2,1H3,(H,21,24)(H2,22,23,25)/t12?,14-,17-,19-/m0/s1. The number of amides is 3. The first-order valence-electron chi connectivity index (χ1n) is 9.98. The number of carbonyl (C=O) groups is 2. The second-order valence-corrected chi connectivity index (χ2v) is 8.83. The van der Waals surface area contributed by atoms with Crippen molar-refractivity contribution in [2.75, 3.05) is 19.0 Å². The first-order chi connectivity index (χ1) is 13.6. The lowest BCUT2D eigenvalue weighted by atomic mass is 10.0. The fourth-order valence-corrected chi connectivity index (χ4v) is 5.54. The summed E-state index contributed by atoms with van der Waals surface area (Å²) in [5.41, 5.74) is 1.01. The number of ether oxygens (including phenoxy) is 2. The van der Waals surface area contributed by atoms with E-state index in [1.807, 2.05) is 36.9 Å². The van der Waals surface area contributed by atoms with Crippen LogP contribution in [0.3, 0.4) is 0 Å². The fourth-order valence-electron chi connectivity index (χ4n) is 4.00. The van der Waals surface area contributed by atoms with E-state index in [-0.39, 0.29) is 30.1 Å². The van der Waals surface area contributed by atoms with E-state index in [4.69, 9.17) is 9.47 Å². The van der Waals surface area contributed by atoms with Gasteiger partial charge < -0.3 is 25.4 Å². The Balaban J connectivity index is 1.18. The Kier molecular flexibility index (Phi) is 5.85. The molecule has 2 saturated heterocycles. The van der Waals surface area contributed by atoms with Gasteiger partial charge in [-0.1, -0.05) is 12.5 Å². The summed E-state index contributed by atoms with van der Waals surface area (Å²) in [6, 6.07) is 6.18. The van der Waals surface area contributed by atoms with Crippen LogP contribution in [0.1, 0.15) is 44.2 Å². The van der Waals surface area contributed by atoms with Crippen molar-refractivity contribution in [3.8, 4) is 11.5 Å². The van der Waals surface area contributed by atoms with Crippen LogP contribution in [0.15, 0.2) is 18.2 Å². The molecule has 3 heterocycles. The van der Waals surface area contributed by atoms with Crippen LogP contribution in [0.25, 0.3) is 0 Å². The lowest BCUT2D eigenvalue weighted by Crippen LogP contribution is -2.36. The van der Waals surface area contributed by atoms with Crippen LogP contribution in [0, 0.1) is 0 Å². The zero-order valence-electron chi connectivity index (χ0n) is 16.0. The smallest absolute Gasteiger partial charge is 0.315 e. The molecule has 2 fully saturated rings. The molecule has 0 bridgehead atoms. The van der Waals surface area contributed by atoms with E-state index in [2.05, 4.69) is 16.0 Å². The molecule has 1 aromatic carbocycles. The van der Waals surface area contributed by atoms with Gasteiger partial charge in [0, 0.05) is 17.4 Å². The molecule has 1 unspecified atom stereocenters. The van der Waals surface area contributed by atoms with E-state index >= 15 is 0 Å². The third-order valence-electron chi connectivity index (χ3n) is 5.52. The first kappa shape index (κ1) is 19.2. The van der Waals surface area contributed by atoms with Gasteiger partial charge in [-0.3, -0.25) is 4.79 Å². The molecule has 152 valence electrons. The van der Waals surface area contributed by atoms with Crippen molar-refractivity contribution in [1.82, 2.24) is 16.0 Å². The van der Waals surface area contributed by atoms with Gasteiger partial charge in [-0.15, -0.1) is 0 Å². The fraction of sp³-hybridized carbons (Fsp3) is 0.600. The lowest BCUT2D eigenvalue weighted by molar-refractivity contribution is -0.121. The van der Waals surface area contributed by atoms with E-state index in [1.165, 1.54) is 0 Å². The summed E-state index contributed by atoms with van der Waals surface area (Å²) in [5, 5.41) is 9.49. The van der Waals surface area contributed by atoms with Crippen LogP contribution in [0.4, 0.5) is 4.79 Å². The van der Waals surface area contributed by atoms with Crippen LogP contribution < -0.4 is 25.4 Å². The van der Waals surface area contributed by atoms with E-state index in [0.717, 1.165) is 42.1 Å². The molecule has 4 rings (SSSR count). The zero-order valence-corrected chi connectivity index (χ0v) is 16.8. The minimum Gasteiger partial charge on any atom is -0.486 e. The molecule has 3 amide bonds. The average Bonchev–Trinajstić information content (AvgIpc) is 3.24. The molecular formula is C20H27N3O4S. The van der Waals surface area contributed by atoms with Crippen molar-refractivity contribution in [3.63, 3.8) is 0 Å². The Hall–Kier alpha value is -2.09. The van der Waals surface area contributed by atoms with Gasteiger partial charge in [0.2, 0.25) is 5.91 Å². The third-order valence-corrected chi connectivity index (χ3v) is 7.03. The normalized spacial score (nSPS) is 26.2. The maximum absolute atomic E-state index is 12.3. The maximum Gasteiger partial charge on any atom is 0.315 e. The Morgan fingerprint density at radius 2 is 2.07 bits per heavy atom. The summed E-state index contributed by atoms with van der Waals surface area (Å²) in [4.78, 5) is 23.7. The molecule has 0 spiro atoms. The second-order valence-electron chi connectivity index (χ2n) is 7.56. The minimum absolute atomic E-state index is 0.0483. The van der Waals surface area contributed by atoms with Crippen LogP contribution in [-0.2, 0) is 4.79 Å². The summed E-state index contributed by atoms with van der Waals surface area (Å²) < 4.78 is 11.2. The number of thioether (sulfide) groups is 1. The number of fused-ring (bicyclic) bond motifs is 2. The molecule has 3 aliphatic heterocycles. The van der Waals surface area contributed by atoms with Gasteiger partial charge >= 0.3 is 6.03 Å². The Bertz CT molecular complexity index is 744. The number of hydrogen-bond donors (Lipinski definition) is 3. The summed E-state index contributed by atoms with van der Waals surface area (Å²) in [5.74, 6) is 2.54. The number of benzene rings is 1. The van der Waals surface area contributed by atoms with Gasteiger partial charge in [0.05, 0.1) is 18.1 Å². The quantitative estimate of drug-likeness (QED) is 0.479. The number of rotatable bonds is 7. The average molecular weight is 406 g/mol. The van der Waals surface area contributed by atoms with Gasteiger partial charge in [0.15, 0.2) is 11.5 Å². The molecule has 0 radical (unpaired) electrons. The van der Waals surface area contributed by atoms with Crippen molar-refractivity contribution in [2.45, 2.75) is 56.0 Å². The summed E-state index contributed by atoms with van der Waals surface area (Å²) in [7, 11) is 0. The number of carbonyl (C=O) groups excluding carboxylic acids is 2. The van der Waals surface area contributed by atoms with Crippen molar-refractivity contribution >= 4 is 23.7 Å². The van der Waals surface area contributed by atoms with Crippen LogP contribution in [0.5, 0.6) is 11.5 Å². The molecular weight excluding hydrogens is 378 g/mol. The highest BCUT2D eigenvalue weighted by Crippen LogP contribution is 2.34. The molecule has 3 N–H and O–H groups in total. The highest BCUT2D eigenvalue weighted by Gasteiger charge is 2.42. The highest BCUT2D eigenvalue weighted by atomic mass is 32.2. The molecule has 0 aliphatic carbocycles. The van der Waals surface area contributed by atoms with Crippen LogP contribution >= 0.6 is 11.8 Å². The summed E-state index contributed by atoms with van der Waals surface area (Å²) >= 11 is 1.91. The van der Waals surface area contributed by atoms with E-state index in [0.29, 0.717) is 24.9 Å². The van der Waals surface area contributed by atoms with Crippen molar-refractivity contribution < 1.29 is 19.1 Å². The molecule has 4 atom stereocenters. The number of unbranched alkanes of at least 4 members (excludes halogenated alkanes) is 1. The SMILES string of the molecule is CC(NC(=O)CCCC[C@@H]1SC[C@@H]2NC(=O)N[C@@H]21)c1ccc2c(c1)OCCO2. The molecule has 1 aromatic rings. The third kappa shape index (κ3) is 4.32. The minimum atomic E-state index is -0.0748. The van der Waals surface area contributed by atoms with Gasteiger partial charge in [0.25, 0.3) is 0 Å². The van der Waals surface area contributed by atoms with Gasteiger partial charge in [-0.25, -0.2) is 4.79 Å². The predicted octanol–water partition coefficient (Wildman–Crippen LogP) is 2.36. The van der Waals surface area contributed by atoms with Crippen molar-refractivity contribution in [1.29, 1.82) is 0 Å². The van der Waals surface area contributed by atoms with Crippen LogP contribution in [-0.4, -0.2) is 48.2 Å². The molecule has 3 aliphatic rings. The lowest BCUT2D eigenvalue weighted by Gasteiger charge is -2.21. The Labute approximate surface area is 169 Å². The van der Waals surface area contributed by atoms with Crippen molar-refractivity contribution in [3.05, 3.63) is 23.8 Å². The zero-order chi connectivity index (χ0) is 19.5. The molecule has 0 saturated carbocycles. The monoisotopic (exact) mass is 405 g/mol. The number of urea groups is 1. The summed E-state index contributed by atoms with van der Waals surface area (Å²) in [6.07, 6.45) is 3.39. The molecule has 0 aromatic heterocycles. The largest absolute Gasteiger partial charge is 0.486 e. The van der Waals surface area contributed by atoms with Gasteiger partial charge in [0.1, 0.15) is 13.2 Å². The summed E-state index contributed by atoms with van der Waals surface area (Å²) in [6.45, 7) is 3.11. The van der Waals surface area contributed by atoms with Crippen LogP contribution in [0.2, 0.25) is 0 Å². The molecule has 7 nitrogen and oxygen atoms in total. The van der Waals surface area contributed by atoms with Gasteiger partial charge in [-0.05, 0) is 37.5 Å². The first-order valence-corrected chi connectivity index (χ1v) is 11.0. The topological polar surface area (TPSA) is 88.7 Å². The van der Waals surface area contributed by atoms with E-state index in [1.54, 1.807) is 0 Å². The van der Waals surface area contributed by atoms with Gasteiger partial charge in [-0.2, -0.15) is 11.8 Å². The van der Waals surface area contributed by atoms with Crippen molar-refractivity contribution in [2.24, 2.45) is 0 Å². The maximum atomic E-state index is 12.3. The predicted molar refractivity (Wildman–Crippen MR) is 108 cm³/mol. The highest BCUT2D eigenvalue weighted by molar-refractivity contribution is 8.00. The second kappa shape index (κ2) is 8.51. The Morgan fingerprint density at radius 1 is 1.25 bits per heavy atom. The van der Waals surface area contributed by atoms with E-state index < -0.39 is 0 Å². The Morgan fingerprint density at radius 3 is 2.93 bits per heavy atom.